The van der Waals surface area contributed by atoms with Crippen LogP contribution in [-0.2, 0) is 19.3 Å². The van der Waals surface area contributed by atoms with Crippen molar-refractivity contribution in [3.63, 3.8) is 0 Å². The molecule has 0 saturated heterocycles. The van der Waals surface area contributed by atoms with Gasteiger partial charge >= 0.3 is 172 Å². The number of rotatable bonds is 7. The van der Waals surface area contributed by atoms with Crippen LogP contribution < -0.4 is 3.80 Å². The summed E-state index contributed by atoms with van der Waals surface area (Å²) in [6.07, 6.45) is 1.80. The second-order valence-corrected chi connectivity index (χ2v) is 14.0. The fourth-order valence-corrected chi connectivity index (χ4v) is 10.6. The molecule has 1 radical (unpaired) electrons. The second-order valence-electron chi connectivity index (χ2n) is 5.41. The maximum absolute atomic E-state index is 12.7. The molecule has 0 atom stereocenters. The Morgan fingerprint density at radius 2 is 2.15 bits per heavy atom. The average Bonchev–Trinajstić information content (AvgIpc) is 3.29. The zero-order valence-corrected chi connectivity index (χ0v) is 18.4. The Balaban J connectivity index is 1.60. The average molecular weight is 487 g/mol. The van der Waals surface area contributed by atoms with E-state index in [0.29, 0.717) is 26.5 Å². The fourth-order valence-electron chi connectivity index (χ4n) is 2.19. The predicted molar refractivity (Wildman–Crippen MR) is 104 cm³/mol. The standard InChI is InChI=1S/C17H14AsClNO5S2/c1-11-13(19)4-2-6-15(11)27(22,23)18-17-20-12(10-26-17)7-9-25-16(21)14-5-3-8-24-14/h2-6,8,10H,7,9H2,1H3. The molecule has 2 heterocycles. The second kappa shape index (κ2) is 8.61. The van der Waals surface area contributed by atoms with Crippen LogP contribution in [0.15, 0.2) is 51.3 Å². The summed E-state index contributed by atoms with van der Waals surface area (Å²) in [5.74, 6) is -0.400. The Hall–Kier alpha value is -1.60. The number of carbonyl (C=O) groups is 1. The molecule has 0 unspecified atom stereocenters. The SMILES string of the molecule is Cc1c(Cl)cccc1S(=O)(=O)[As]c1nc(CCOC(=O)c2ccco2)cs1. The quantitative estimate of drug-likeness (QED) is 0.377. The van der Waals surface area contributed by atoms with Gasteiger partial charge in [0.05, 0.1) is 0 Å². The van der Waals surface area contributed by atoms with Crippen LogP contribution in [0.2, 0.25) is 5.02 Å². The summed E-state index contributed by atoms with van der Waals surface area (Å²) in [6, 6.07) is 7.99. The molecule has 2 aromatic heterocycles. The molecule has 3 aromatic rings. The molecule has 0 aliphatic rings. The number of carbonyl (C=O) groups excluding carboxylic acids is 1. The summed E-state index contributed by atoms with van der Waals surface area (Å²) in [5.41, 5.74) is 1.24. The van der Waals surface area contributed by atoms with Crippen molar-refractivity contribution in [1.29, 1.82) is 0 Å². The van der Waals surface area contributed by atoms with E-state index in [1.54, 1.807) is 36.6 Å². The number of hydrogen-bond donors (Lipinski definition) is 0. The summed E-state index contributed by atoms with van der Waals surface area (Å²) in [4.78, 5) is 16.3. The molecule has 0 fully saturated rings. The minimum absolute atomic E-state index is 0.138. The van der Waals surface area contributed by atoms with Crippen LogP contribution in [0.5, 0.6) is 0 Å². The van der Waals surface area contributed by atoms with Crippen LogP contribution in [0.3, 0.4) is 0 Å². The van der Waals surface area contributed by atoms with Crippen molar-refractivity contribution in [3.8, 4) is 0 Å². The molecule has 141 valence electrons. The summed E-state index contributed by atoms with van der Waals surface area (Å²) in [7, 11) is -3.46. The van der Waals surface area contributed by atoms with E-state index in [1.807, 2.05) is 0 Å². The van der Waals surface area contributed by atoms with Crippen molar-refractivity contribution in [2.45, 2.75) is 18.2 Å². The Bertz CT molecular complexity index is 1050. The van der Waals surface area contributed by atoms with Gasteiger partial charge in [-0.3, -0.25) is 0 Å². The summed E-state index contributed by atoms with van der Waals surface area (Å²) in [5, 5.41) is 2.21. The number of hydrogen-bond acceptors (Lipinski definition) is 7. The van der Waals surface area contributed by atoms with Gasteiger partial charge in [0.1, 0.15) is 0 Å². The first-order chi connectivity index (χ1) is 12.9. The Kier molecular flexibility index (Phi) is 6.42. The van der Waals surface area contributed by atoms with Gasteiger partial charge in [-0.15, -0.1) is 0 Å². The molecule has 0 spiro atoms. The third-order valence-corrected chi connectivity index (χ3v) is 11.8. The first-order valence-electron chi connectivity index (χ1n) is 7.75. The van der Waals surface area contributed by atoms with Gasteiger partial charge in [0.2, 0.25) is 0 Å². The zero-order valence-electron chi connectivity index (χ0n) is 14.1. The molecular formula is C17H14AsClNO5S2. The van der Waals surface area contributed by atoms with Gasteiger partial charge in [-0.05, 0) is 0 Å². The molecule has 0 N–H and O–H groups in total. The normalized spacial score (nSPS) is 11.9. The van der Waals surface area contributed by atoms with E-state index in [2.05, 4.69) is 4.98 Å². The molecule has 27 heavy (non-hydrogen) atoms. The fraction of sp³-hybridized carbons (Fsp3) is 0.176. The van der Waals surface area contributed by atoms with E-state index in [-0.39, 0.29) is 17.3 Å². The zero-order chi connectivity index (χ0) is 19.4. The van der Waals surface area contributed by atoms with E-state index in [9.17, 15) is 13.2 Å². The van der Waals surface area contributed by atoms with Crippen LogP contribution in [-0.4, -0.2) is 40.6 Å². The number of thiazole rings is 1. The van der Waals surface area contributed by atoms with E-state index < -0.39 is 28.7 Å². The molecule has 0 saturated carbocycles. The van der Waals surface area contributed by atoms with Crippen LogP contribution in [0.1, 0.15) is 21.8 Å². The topological polar surface area (TPSA) is 86.5 Å². The van der Waals surface area contributed by atoms with Crippen molar-refractivity contribution < 1.29 is 22.4 Å². The maximum atomic E-state index is 12.7. The van der Waals surface area contributed by atoms with Gasteiger partial charge in [-0.2, -0.15) is 0 Å². The summed E-state index contributed by atoms with van der Waals surface area (Å²) < 4.78 is 36.0. The summed E-state index contributed by atoms with van der Waals surface area (Å²) in [6.45, 7) is 1.83. The Labute approximate surface area is 171 Å². The third-order valence-electron chi connectivity index (χ3n) is 3.55. The number of aromatic nitrogens is 1. The molecule has 6 nitrogen and oxygen atoms in total. The number of ether oxygens (including phenoxy) is 1. The van der Waals surface area contributed by atoms with Gasteiger partial charge in [0, 0.05) is 0 Å². The molecule has 10 heteroatoms. The van der Waals surface area contributed by atoms with Crippen LogP contribution >= 0.6 is 22.9 Å². The van der Waals surface area contributed by atoms with Crippen LogP contribution in [0.25, 0.3) is 0 Å². The summed E-state index contributed by atoms with van der Waals surface area (Å²) >= 11 is 6.13. The van der Waals surface area contributed by atoms with Crippen LogP contribution in [0, 0.1) is 6.92 Å². The number of nitrogens with zero attached hydrogens (tertiary/aromatic N) is 1. The van der Waals surface area contributed by atoms with Crippen LogP contribution in [0.4, 0.5) is 0 Å². The van der Waals surface area contributed by atoms with E-state index in [4.69, 9.17) is 20.8 Å². The molecule has 0 amide bonds. The number of halogens is 1. The first kappa shape index (κ1) is 20.1. The monoisotopic (exact) mass is 486 g/mol. The number of esters is 1. The van der Waals surface area contributed by atoms with Gasteiger partial charge < -0.3 is 0 Å². The first-order valence-corrected chi connectivity index (χ1v) is 13.7. The van der Waals surface area contributed by atoms with Gasteiger partial charge in [-0.1, -0.05) is 0 Å². The van der Waals surface area contributed by atoms with Gasteiger partial charge in [0.25, 0.3) is 0 Å². The van der Waals surface area contributed by atoms with Crippen molar-refractivity contribution in [3.05, 3.63) is 64.0 Å². The molecule has 0 aliphatic heterocycles. The van der Waals surface area contributed by atoms with E-state index in [1.165, 1.54) is 23.7 Å². The van der Waals surface area contributed by atoms with Gasteiger partial charge in [0.15, 0.2) is 0 Å². The number of furan rings is 1. The molecule has 1 aromatic carbocycles. The van der Waals surface area contributed by atoms with Crippen molar-refractivity contribution in [2.24, 2.45) is 0 Å². The Morgan fingerprint density at radius 1 is 1.33 bits per heavy atom. The van der Waals surface area contributed by atoms with Crippen molar-refractivity contribution in [2.75, 3.05) is 6.61 Å². The molecular weight excluding hydrogens is 473 g/mol. The predicted octanol–water partition coefficient (Wildman–Crippen LogP) is 2.82. The van der Waals surface area contributed by atoms with Crippen molar-refractivity contribution in [1.82, 2.24) is 4.98 Å². The Morgan fingerprint density at radius 3 is 2.89 bits per heavy atom. The molecule has 0 bridgehead atoms. The number of benzene rings is 1. The third kappa shape index (κ3) is 5.02. The molecule has 0 aliphatic carbocycles. The minimum atomic E-state index is -3.46. The van der Waals surface area contributed by atoms with Gasteiger partial charge in [-0.25, -0.2) is 0 Å². The van der Waals surface area contributed by atoms with E-state index in [0.717, 1.165) is 0 Å². The van der Waals surface area contributed by atoms with Crippen molar-refractivity contribution >= 4 is 55.4 Å². The van der Waals surface area contributed by atoms with E-state index >= 15 is 0 Å². The molecule has 3 rings (SSSR count).